The molecule has 1 unspecified atom stereocenters. The molecule has 2 aromatic rings. The van der Waals surface area contributed by atoms with Gasteiger partial charge in [0.2, 0.25) is 0 Å². The van der Waals surface area contributed by atoms with Gasteiger partial charge in [0.15, 0.2) is 0 Å². The van der Waals surface area contributed by atoms with Crippen LogP contribution in [0.15, 0.2) is 36.4 Å². The first kappa shape index (κ1) is 25.6. The number of nitrogens with two attached hydrogens (primary N) is 1. The lowest BCUT2D eigenvalue weighted by Crippen LogP contribution is -2.29. The molecule has 2 N–H and O–H groups in total. The maximum absolute atomic E-state index is 13.4. The Bertz CT molecular complexity index is 907. The third-order valence-electron chi connectivity index (χ3n) is 4.75. The van der Waals surface area contributed by atoms with Crippen molar-refractivity contribution < 1.29 is 32.2 Å². The molecule has 32 heavy (non-hydrogen) atoms. The monoisotopic (exact) mass is 474 g/mol. The molecule has 2 aromatic carbocycles. The minimum Gasteiger partial charge on any atom is -0.497 e. The number of alkyl halides is 3. The van der Waals surface area contributed by atoms with Gasteiger partial charge in [0, 0.05) is 13.1 Å². The molecule has 0 amide bonds. The number of halogens is 4. The van der Waals surface area contributed by atoms with E-state index in [1.807, 2.05) is 29.2 Å². The Kier molecular flexibility index (Phi) is 9.03. The van der Waals surface area contributed by atoms with Crippen molar-refractivity contribution in [2.75, 3.05) is 39.6 Å². The summed E-state index contributed by atoms with van der Waals surface area (Å²) >= 11 is 5.95. The van der Waals surface area contributed by atoms with E-state index in [1.54, 1.807) is 21.1 Å². The third-order valence-corrected chi connectivity index (χ3v) is 5.06. The molecule has 2 rings (SSSR count). The van der Waals surface area contributed by atoms with Crippen molar-refractivity contribution in [2.24, 2.45) is 0 Å². The molecular formula is C22H26ClF3N2O4. The highest BCUT2D eigenvalue weighted by atomic mass is 35.5. The van der Waals surface area contributed by atoms with Crippen molar-refractivity contribution >= 4 is 23.4 Å². The molecule has 0 radical (unpaired) electrons. The van der Waals surface area contributed by atoms with Gasteiger partial charge in [-0.15, -0.1) is 0 Å². The molecule has 0 aliphatic heterocycles. The maximum atomic E-state index is 13.4. The van der Waals surface area contributed by atoms with Gasteiger partial charge in [0.1, 0.15) is 11.9 Å². The van der Waals surface area contributed by atoms with Crippen LogP contribution in [0.25, 0.3) is 0 Å². The molecule has 0 fully saturated rings. The van der Waals surface area contributed by atoms with Crippen molar-refractivity contribution in [3.63, 3.8) is 0 Å². The van der Waals surface area contributed by atoms with E-state index in [0.717, 1.165) is 17.4 Å². The van der Waals surface area contributed by atoms with E-state index in [4.69, 9.17) is 31.5 Å². The lowest BCUT2D eigenvalue weighted by molar-refractivity contribution is -0.137. The van der Waals surface area contributed by atoms with Crippen LogP contribution in [0.5, 0.6) is 5.75 Å². The molecule has 0 saturated heterocycles. The van der Waals surface area contributed by atoms with Gasteiger partial charge >= 0.3 is 12.3 Å². The van der Waals surface area contributed by atoms with E-state index < -0.39 is 29.7 Å². The van der Waals surface area contributed by atoms with Gasteiger partial charge in [-0.3, -0.25) is 0 Å². The second kappa shape index (κ2) is 11.3. The van der Waals surface area contributed by atoms with Crippen molar-refractivity contribution in [3.8, 4) is 5.75 Å². The molecule has 0 heterocycles. The minimum atomic E-state index is -4.71. The zero-order valence-corrected chi connectivity index (χ0v) is 18.8. The summed E-state index contributed by atoms with van der Waals surface area (Å²) in [6.07, 6.45) is -6.07. The van der Waals surface area contributed by atoms with Gasteiger partial charge in [0.05, 0.1) is 30.0 Å². The molecule has 1 atom stereocenters. The first-order valence-corrected chi connectivity index (χ1v) is 10.2. The van der Waals surface area contributed by atoms with E-state index in [1.165, 1.54) is 6.07 Å². The lowest BCUT2D eigenvalue weighted by Gasteiger charge is -2.25. The van der Waals surface area contributed by atoms with E-state index in [0.29, 0.717) is 13.0 Å². The Balaban J connectivity index is 2.21. The van der Waals surface area contributed by atoms with Crippen LogP contribution in [0, 0.1) is 0 Å². The predicted molar refractivity (Wildman–Crippen MR) is 116 cm³/mol. The number of carbonyl (C=O) groups excluding carboxylic acids is 1. The van der Waals surface area contributed by atoms with Gasteiger partial charge in [-0.05, 0) is 55.8 Å². The molecule has 6 nitrogen and oxygen atoms in total. The molecular weight excluding hydrogens is 449 g/mol. The van der Waals surface area contributed by atoms with E-state index >= 15 is 0 Å². The molecule has 0 spiro atoms. The van der Waals surface area contributed by atoms with Crippen LogP contribution in [0.1, 0.15) is 29.7 Å². The Labute approximate surface area is 190 Å². The van der Waals surface area contributed by atoms with Crippen LogP contribution >= 0.6 is 11.6 Å². The topological polar surface area (TPSA) is 74.0 Å². The quantitative estimate of drug-likeness (QED) is 0.390. The summed E-state index contributed by atoms with van der Waals surface area (Å²) in [4.78, 5) is 13.8. The third kappa shape index (κ3) is 7.20. The molecule has 0 bridgehead atoms. The number of nitrogen functional groups attached to an aromatic ring is 1. The van der Waals surface area contributed by atoms with E-state index in [-0.39, 0.29) is 23.7 Å². The predicted octanol–water partition coefficient (Wildman–Crippen LogP) is 5.34. The van der Waals surface area contributed by atoms with Crippen LogP contribution in [0.4, 0.5) is 23.7 Å². The van der Waals surface area contributed by atoms with Crippen LogP contribution in [0.3, 0.4) is 0 Å². The summed E-state index contributed by atoms with van der Waals surface area (Å²) in [5.74, 6) is 0.741. The van der Waals surface area contributed by atoms with Crippen molar-refractivity contribution in [3.05, 3.63) is 58.1 Å². The van der Waals surface area contributed by atoms with Crippen LogP contribution in [-0.4, -0.2) is 44.9 Å². The molecule has 0 aromatic heterocycles. The largest absolute Gasteiger partial charge is 0.508 e. The summed E-state index contributed by atoms with van der Waals surface area (Å²) in [6, 6.07) is 9.66. The second-order valence-electron chi connectivity index (χ2n) is 7.11. The Morgan fingerprint density at radius 2 is 1.88 bits per heavy atom. The van der Waals surface area contributed by atoms with Gasteiger partial charge in [-0.1, -0.05) is 23.7 Å². The number of likely N-dealkylation sites (N-methyl/N-ethyl adjacent to an activating group) is 1. The van der Waals surface area contributed by atoms with Gasteiger partial charge < -0.3 is 24.8 Å². The van der Waals surface area contributed by atoms with Crippen molar-refractivity contribution in [2.45, 2.75) is 25.6 Å². The minimum absolute atomic E-state index is 0.0646. The summed E-state index contributed by atoms with van der Waals surface area (Å²) < 4.78 is 55.4. The zero-order chi connectivity index (χ0) is 23.9. The van der Waals surface area contributed by atoms with Crippen molar-refractivity contribution in [1.82, 2.24) is 4.90 Å². The summed E-state index contributed by atoms with van der Waals surface area (Å²) in [6.45, 7) is 2.34. The highest BCUT2D eigenvalue weighted by molar-refractivity contribution is 6.33. The molecule has 10 heteroatoms. The fourth-order valence-corrected chi connectivity index (χ4v) is 3.25. The van der Waals surface area contributed by atoms with Gasteiger partial charge in [0.25, 0.3) is 0 Å². The number of benzene rings is 2. The number of ether oxygens (including phenoxy) is 3. The number of hydrogen-bond acceptors (Lipinski definition) is 6. The summed E-state index contributed by atoms with van der Waals surface area (Å²) in [7, 11) is 3.36. The van der Waals surface area contributed by atoms with Crippen molar-refractivity contribution in [1.29, 1.82) is 0 Å². The van der Waals surface area contributed by atoms with Gasteiger partial charge in [-0.25, -0.2) is 4.79 Å². The van der Waals surface area contributed by atoms with E-state index in [2.05, 4.69) is 0 Å². The van der Waals surface area contributed by atoms with E-state index in [9.17, 15) is 18.0 Å². The number of hydrogen-bond donors (Lipinski definition) is 1. The Morgan fingerprint density at radius 3 is 2.44 bits per heavy atom. The highest BCUT2D eigenvalue weighted by Gasteiger charge is 2.35. The van der Waals surface area contributed by atoms with Gasteiger partial charge in [-0.2, -0.15) is 13.2 Å². The molecule has 0 aliphatic rings. The fourth-order valence-electron chi connectivity index (χ4n) is 3.02. The normalized spacial score (nSPS) is 12.5. The summed E-state index contributed by atoms with van der Waals surface area (Å²) in [5, 5.41) is -0.270. The highest BCUT2D eigenvalue weighted by Crippen LogP contribution is 2.39. The number of anilines is 1. The molecule has 0 saturated carbocycles. The van der Waals surface area contributed by atoms with Crippen LogP contribution in [0.2, 0.25) is 5.02 Å². The molecule has 176 valence electrons. The second-order valence-corrected chi connectivity index (χ2v) is 7.52. The number of rotatable bonds is 9. The zero-order valence-electron chi connectivity index (χ0n) is 18.0. The first-order valence-electron chi connectivity index (χ1n) is 9.86. The average molecular weight is 475 g/mol. The first-order chi connectivity index (χ1) is 15.0. The fraction of sp³-hybridized carbons (Fsp3) is 0.409. The Morgan fingerprint density at radius 1 is 1.22 bits per heavy atom. The standard InChI is InChI=1S/C22H26ClF3N2O4/c1-4-31-21(29)32-19(15-11-17(22(24,25)26)20(27)18(23)12-15)13-28(2)10-9-14-5-7-16(30-3)8-6-14/h5-8,11-12,19H,4,9-10,13,27H2,1-3H3. The number of nitrogens with zero attached hydrogens (tertiary/aromatic N) is 1. The average Bonchev–Trinajstić information content (AvgIpc) is 2.73. The number of carbonyl (C=O) groups is 1. The van der Waals surface area contributed by atoms with Crippen LogP contribution < -0.4 is 10.5 Å². The molecule has 0 aliphatic carbocycles. The number of methoxy groups -OCH3 is 1. The summed E-state index contributed by atoms with van der Waals surface area (Å²) in [5.41, 5.74) is 4.98. The maximum Gasteiger partial charge on any atom is 0.508 e. The SMILES string of the molecule is CCOC(=O)OC(CN(C)CCc1ccc(OC)cc1)c1cc(Cl)c(N)c(C(F)(F)F)c1. The Hall–Kier alpha value is -2.65. The lowest BCUT2D eigenvalue weighted by atomic mass is 10.0. The van der Waals surface area contributed by atoms with Crippen LogP contribution in [-0.2, 0) is 22.1 Å². The smallest absolute Gasteiger partial charge is 0.497 e.